The molecule has 0 fully saturated rings. The molecule has 0 saturated heterocycles. The van der Waals surface area contributed by atoms with Crippen LogP contribution in [0.2, 0.25) is 0 Å². The quantitative estimate of drug-likeness (QED) is 0.0460. The second-order valence-electron chi connectivity index (χ2n) is 15.4. The summed E-state index contributed by atoms with van der Waals surface area (Å²) in [5.74, 6) is -9.57. The van der Waals surface area contributed by atoms with Gasteiger partial charge in [0.1, 0.15) is 11.4 Å². The Kier molecular flexibility index (Phi) is 10.8. The molecule has 9 aromatic carbocycles. The van der Waals surface area contributed by atoms with Gasteiger partial charge in [0.2, 0.25) is 34.5 Å². The van der Waals surface area contributed by atoms with E-state index in [0.29, 0.717) is 22.7 Å². The van der Waals surface area contributed by atoms with Crippen LogP contribution in [0.5, 0.6) is 57.5 Å². The summed E-state index contributed by atoms with van der Waals surface area (Å²) < 4.78 is 0. The van der Waals surface area contributed by atoms with E-state index in [1.54, 1.807) is 48.5 Å². The van der Waals surface area contributed by atoms with Crippen molar-refractivity contribution in [3.63, 3.8) is 0 Å². The van der Waals surface area contributed by atoms with Crippen LogP contribution >= 0.6 is 0 Å². The highest BCUT2D eigenvalue weighted by Crippen LogP contribution is 2.59. The van der Waals surface area contributed by atoms with Crippen LogP contribution in [0.3, 0.4) is 0 Å². The molecule has 0 saturated carbocycles. The Labute approximate surface area is 377 Å². The third-order valence-corrected chi connectivity index (χ3v) is 11.4. The number of nitrogens with zero attached hydrogens (tertiary/aromatic N) is 2. The van der Waals surface area contributed by atoms with Crippen LogP contribution in [0, 0.1) is 0 Å². The maximum absolute atomic E-state index is 11.1. The highest BCUT2D eigenvalue weighted by molar-refractivity contribution is 5.92. The summed E-state index contributed by atoms with van der Waals surface area (Å²) in [6.07, 6.45) is 0. The minimum absolute atomic E-state index is 0.361. The van der Waals surface area contributed by atoms with E-state index in [-0.39, 0.29) is 11.4 Å². The van der Waals surface area contributed by atoms with Crippen LogP contribution in [0.4, 0.5) is 34.1 Å². The van der Waals surface area contributed by atoms with Crippen molar-refractivity contribution in [1.29, 1.82) is 0 Å². The Balaban J connectivity index is 1.05. The molecule has 9 aromatic rings. The molecular formula is C54H40N2O10. The highest BCUT2D eigenvalue weighted by Gasteiger charge is 2.31. The molecule has 0 aliphatic heterocycles. The lowest BCUT2D eigenvalue weighted by molar-refractivity contribution is 0.329. The van der Waals surface area contributed by atoms with Crippen LogP contribution in [-0.2, 0) is 0 Å². The molecule has 66 heavy (non-hydrogen) atoms. The first-order valence-electron chi connectivity index (χ1n) is 20.5. The van der Waals surface area contributed by atoms with Gasteiger partial charge in [-0.25, -0.2) is 0 Å². The fraction of sp³-hybridized carbons (Fsp3) is 0. The molecular weight excluding hydrogens is 837 g/mol. The number of benzene rings is 9. The fourth-order valence-corrected chi connectivity index (χ4v) is 7.94. The topological polar surface area (TPSA) is 209 Å². The average Bonchev–Trinajstić information content (AvgIpc) is 3.37. The molecule has 0 unspecified atom stereocenters. The number of anilines is 6. The molecule has 0 spiro atoms. The molecule has 0 radical (unpaired) electrons. The van der Waals surface area contributed by atoms with Crippen LogP contribution in [0.25, 0.3) is 44.5 Å². The van der Waals surface area contributed by atoms with Crippen LogP contribution in [0.1, 0.15) is 0 Å². The largest absolute Gasteiger partial charge is 0.503 e. The molecule has 0 atom stereocenters. The standard InChI is InChI=1S/C54H40N2O10/c57-45-43(46(58)50(62)53(65)49(45)61)55(39-22-14-33(15-23-39)31-8-3-1-4-9-31)41-26-18-35(19-27-41)37-12-7-13-38(30-37)36-20-28-42(29-21-36)56(44-47(59)51(63)54(66)52(64)48(44)60)40-24-16-34(17-25-40)32-10-5-2-6-11-32/h1-30,57-66H. The van der Waals surface area contributed by atoms with Crippen molar-refractivity contribution in [1.82, 2.24) is 0 Å². The summed E-state index contributed by atoms with van der Waals surface area (Å²) in [5.41, 5.74) is 8.03. The van der Waals surface area contributed by atoms with E-state index in [4.69, 9.17) is 0 Å². The van der Waals surface area contributed by atoms with Gasteiger partial charge in [0.25, 0.3) is 0 Å². The van der Waals surface area contributed by atoms with Gasteiger partial charge in [-0.3, -0.25) is 0 Å². The summed E-state index contributed by atoms with van der Waals surface area (Å²) in [7, 11) is 0. The SMILES string of the molecule is Oc1c(O)c(O)c(N(c2ccc(-c3ccccc3)cc2)c2ccc(-c3cccc(-c4ccc(N(c5ccc(-c6ccccc6)cc5)c5c(O)c(O)c(O)c(O)c5O)cc4)c3)cc2)c(O)c1O. The first-order valence-corrected chi connectivity index (χ1v) is 20.5. The predicted molar refractivity (Wildman–Crippen MR) is 254 cm³/mol. The Morgan fingerprint density at radius 3 is 0.682 bits per heavy atom. The van der Waals surface area contributed by atoms with Gasteiger partial charge in [0.05, 0.1) is 0 Å². The van der Waals surface area contributed by atoms with E-state index in [0.717, 1.165) is 44.5 Å². The normalized spacial score (nSPS) is 11.0. The molecule has 0 heterocycles. The van der Waals surface area contributed by atoms with Crippen molar-refractivity contribution in [2.24, 2.45) is 0 Å². The van der Waals surface area contributed by atoms with Gasteiger partial charge in [-0.2, -0.15) is 0 Å². The van der Waals surface area contributed by atoms with E-state index in [1.165, 1.54) is 9.80 Å². The van der Waals surface area contributed by atoms with Crippen LogP contribution < -0.4 is 9.80 Å². The number of phenols is 10. The van der Waals surface area contributed by atoms with E-state index >= 15 is 0 Å². The fourth-order valence-electron chi connectivity index (χ4n) is 7.94. The molecule has 0 amide bonds. The lowest BCUT2D eigenvalue weighted by Crippen LogP contribution is -2.10. The summed E-state index contributed by atoms with van der Waals surface area (Å²) >= 11 is 0. The maximum Gasteiger partial charge on any atom is 0.208 e. The zero-order chi connectivity index (χ0) is 46.2. The van der Waals surface area contributed by atoms with E-state index in [1.807, 2.05) is 133 Å². The van der Waals surface area contributed by atoms with Crippen molar-refractivity contribution in [3.8, 4) is 102 Å². The first kappa shape index (κ1) is 41.9. The number of hydrogen-bond donors (Lipinski definition) is 10. The predicted octanol–water partition coefficient (Wildman–Crippen LogP) is 12.4. The molecule has 0 aliphatic carbocycles. The van der Waals surface area contributed by atoms with E-state index in [9.17, 15) is 51.1 Å². The molecule has 9 rings (SSSR count). The van der Waals surface area contributed by atoms with Gasteiger partial charge < -0.3 is 60.9 Å². The van der Waals surface area contributed by atoms with Crippen LogP contribution in [0.15, 0.2) is 182 Å². The molecule has 12 nitrogen and oxygen atoms in total. The minimum Gasteiger partial charge on any atom is -0.503 e. The highest BCUT2D eigenvalue weighted by atomic mass is 16.4. The molecule has 10 N–H and O–H groups in total. The number of rotatable bonds is 10. The number of phenolic OH excluding ortho intramolecular Hbond substituents is 10. The third kappa shape index (κ3) is 7.50. The second kappa shape index (κ2) is 17.0. The molecule has 0 aromatic heterocycles. The average molecular weight is 877 g/mol. The molecule has 0 bridgehead atoms. The van der Waals surface area contributed by atoms with Gasteiger partial charge in [0, 0.05) is 22.7 Å². The Morgan fingerprint density at radius 1 is 0.197 bits per heavy atom. The lowest BCUT2D eigenvalue weighted by atomic mass is 9.98. The number of hydrogen-bond acceptors (Lipinski definition) is 12. The van der Waals surface area contributed by atoms with Gasteiger partial charge in [-0.1, -0.05) is 127 Å². The zero-order valence-corrected chi connectivity index (χ0v) is 34.7. The summed E-state index contributed by atoms with van der Waals surface area (Å²) in [6.45, 7) is 0. The van der Waals surface area contributed by atoms with Crippen molar-refractivity contribution in [2.45, 2.75) is 0 Å². The summed E-state index contributed by atoms with van der Waals surface area (Å²) in [6, 6.07) is 55.8. The molecule has 326 valence electrons. The Hall–Kier alpha value is -9.42. The van der Waals surface area contributed by atoms with Gasteiger partial charge in [0.15, 0.2) is 23.0 Å². The zero-order valence-electron chi connectivity index (χ0n) is 34.7. The monoisotopic (exact) mass is 876 g/mol. The van der Waals surface area contributed by atoms with Gasteiger partial charge in [-0.05, 0) is 99.1 Å². The van der Waals surface area contributed by atoms with Crippen molar-refractivity contribution >= 4 is 34.1 Å². The van der Waals surface area contributed by atoms with Crippen molar-refractivity contribution in [3.05, 3.63) is 182 Å². The molecule has 0 aliphatic rings. The molecule has 12 heteroatoms. The maximum atomic E-state index is 11.1. The van der Waals surface area contributed by atoms with Crippen LogP contribution in [-0.4, -0.2) is 51.1 Å². The van der Waals surface area contributed by atoms with E-state index < -0.39 is 57.5 Å². The summed E-state index contributed by atoms with van der Waals surface area (Å²) in [4.78, 5) is 2.89. The second-order valence-corrected chi connectivity index (χ2v) is 15.4. The van der Waals surface area contributed by atoms with Crippen molar-refractivity contribution in [2.75, 3.05) is 9.80 Å². The third-order valence-electron chi connectivity index (χ3n) is 11.4. The lowest BCUT2D eigenvalue weighted by Gasteiger charge is -2.28. The van der Waals surface area contributed by atoms with Gasteiger partial charge >= 0.3 is 0 Å². The first-order chi connectivity index (χ1) is 31.9. The summed E-state index contributed by atoms with van der Waals surface area (Å²) in [5, 5.41) is 107. The smallest absolute Gasteiger partial charge is 0.208 e. The minimum atomic E-state index is -1.07. The Bertz CT molecular complexity index is 2950. The van der Waals surface area contributed by atoms with Gasteiger partial charge in [-0.15, -0.1) is 0 Å². The Morgan fingerprint density at radius 2 is 0.409 bits per heavy atom. The number of aromatic hydroxyl groups is 10. The van der Waals surface area contributed by atoms with Crippen molar-refractivity contribution < 1.29 is 51.1 Å². The van der Waals surface area contributed by atoms with E-state index in [2.05, 4.69) is 0 Å².